The van der Waals surface area contributed by atoms with Crippen molar-refractivity contribution in [3.8, 4) is 11.5 Å². The van der Waals surface area contributed by atoms with Gasteiger partial charge in [-0.2, -0.15) is 0 Å². The summed E-state index contributed by atoms with van der Waals surface area (Å²) in [4.78, 5) is 8.80. The number of hydrogen-bond donors (Lipinski definition) is 2. The van der Waals surface area contributed by atoms with Crippen LogP contribution in [-0.2, 0) is 0 Å². The average Bonchev–Trinajstić information content (AvgIpc) is 2.62. The van der Waals surface area contributed by atoms with Gasteiger partial charge in [0, 0.05) is 23.6 Å². The fourth-order valence-corrected chi connectivity index (χ4v) is 3.19. The van der Waals surface area contributed by atoms with Crippen molar-refractivity contribution < 1.29 is 10.2 Å². The summed E-state index contributed by atoms with van der Waals surface area (Å²) in [7, 11) is 0. The molecule has 150 valence electrons. The lowest BCUT2D eigenvalue weighted by Crippen LogP contribution is -1.97. The summed E-state index contributed by atoms with van der Waals surface area (Å²) >= 11 is 0. The lowest BCUT2D eigenvalue weighted by molar-refractivity contribution is 0.463. The zero-order valence-corrected chi connectivity index (χ0v) is 17.8. The first-order valence-electron chi connectivity index (χ1n) is 9.87. The van der Waals surface area contributed by atoms with E-state index in [2.05, 4.69) is 37.7 Å². The summed E-state index contributed by atoms with van der Waals surface area (Å²) in [6, 6.07) is 7.90. The van der Waals surface area contributed by atoms with Gasteiger partial charge in [-0.05, 0) is 60.1 Å². The van der Waals surface area contributed by atoms with Crippen LogP contribution in [0.3, 0.4) is 0 Å². The van der Waals surface area contributed by atoms with Crippen LogP contribution in [0.4, 0.5) is 0 Å². The van der Waals surface area contributed by atoms with Gasteiger partial charge in [0.05, 0.1) is 13.1 Å². The molecule has 2 aromatic carbocycles. The molecule has 0 aliphatic carbocycles. The van der Waals surface area contributed by atoms with Gasteiger partial charge in [0.1, 0.15) is 11.5 Å². The molecule has 0 aliphatic rings. The topological polar surface area (TPSA) is 65.2 Å². The highest BCUT2D eigenvalue weighted by atomic mass is 16.3. The normalized spacial score (nSPS) is 12.1. The van der Waals surface area contributed by atoms with E-state index in [1.165, 1.54) is 0 Å². The Morgan fingerprint density at radius 2 is 1.07 bits per heavy atom. The Morgan fingerprint density at radius 3 is 1.39 bits per heavy atom. The summed E-state index contributed by atoms with van der Waals surface area (Å²) in [6.07, 6.45) is 3.43. The van der Waals surface area contributed by atoms with E-state index in [0.717, 1.165) is 33.4 Å². The van der Waals surface area contributed by atoms with E-state index < -0.39 is 0 Å². The molecule has 2 rings (SSSR count). The fraction of sp³-hybridized carbons (Fsp3) is 0.417. The molecule has 28 heavy (non-hydrogen) atoms. The van der Waals surface area contributed by atoms with Crippen LogP contribution < -0.4 is 0 Å². The maximum atomic E-state index is 10.4. The van der Waals surface area contributed by atoms with Gasteiger partial charge in [-0.25, -0.2) is 0 Å². The first-order valence-corrected chi connectivity index (χ1v) is 9.87. The van der Waals surface area contributed by atoms with E-state index in [0.29, 0.717) is 24.6 Å². The number of benzene rings is 2. The number of aryl methyl sites for hydroxylation is 2. The second-order valence-corrected chi connectivity index (χ2v) is 7.96. The van der Waals surface area contributed by atoms with Crippen LogP contribution >= 0.6 is 0 Å². The van der Waals surface area contributed by atoms with Gasteiger partial charge in [-0.15, -0.1) is 0 Å². The molecule has 0 saturated carbocycles. The molecular weight excluding hydrogens is 348 g/mol. The Bertz CT molecular complexity index is 807. The van der Waals surface area contributed by atoms with Crippen LogP contribution in [0.25, 0.3) is 0 Å². The number of phenolic OH excluding ortho intramolecular Hbond substituents is 2. The van der Waals surface area contributed by atoms with E-state index in [9.17, 15) is 10.2 Å². The zero-order chi connectivity index (χ0) is 20.8. The highest BCUT2D eigenvalue weighted by Crippen LogP contribution is 2.30. The quantitative estimate of drug-likeness (QED) is 0.492. The Hall–Kier alpha value is -2.62. The Balaban J connectivity index is 2.04. The van der Waals surface area contributed by atoms with E-state index in [1.807, 2.05) is 38.1 Å². The molecule has 0 saturated heterocycles. The monoisotopic (exact) mass is 380 g/mol. The lowest BCUT2D eigenvalue weighted by atomic mass is 9.97. The van der Waals surface area contributed by atoms with Crippen LogP contribution in [-0.4, -0.2) is 35.7 Å². The van der Waals surface area contributed by atoms with Crippen molar-refractivity contribution in [3.05, 3.63) is 57.6 Å². The number of aliphatic imine (C=N–C) groups is 2. The van der Waals surface area contributed by atoms with Gasteiger partial charge in [-0.3, -0.25) is 9.98 Å². The number of phenols is 2. The Kier molecular flexibility index (Phi) is 7.38. The first kappa shape index (κ1) is 21.7. The SMILES string of the molecule is Cc1cc(C=NCCN=Cc2cc(C)cc(C(C)C)c2O)c(O)c(C(C)C)c1. The Morgan fingerprint density at radius 1 is 0.714 bits per heavy atom. The summed E-state index contributed by atoms with van der Waals surface area (Å²) in [5, 5.41) is 20.8. The van der Waals surface area contributed by atoms with Crippen molar-refractivity contribution in [1.29, 1.82) is 0 Å². The minimum atomic E-state index is 0.259. The van der Waals surface area contributed by atoms with Gasteiger partial charge in [0.25, 0.3) is 0 Å². The molecule has 0 fully saturated rings. The van der Waals surface area contributed by atoms with Crippen LogP contribution in [0, 0.1) is 13.8 Å². The molecule has 0 heterocycles. The second kappa shape index (κ2) is 9.54. The summed E-state index contributed by atoms with van der Waals surface area (Å²) in [5.41, 5.74) is 5.58. The molecule has 0 spiro atoms. The third-order valence-corrected chi connectivity index (χ3v) is 4.69. The van der Waals surface area contributed by atoms with Gasteiger partial charge in [0.2, 0.25) is 0 Å². The average molecular weight is 381 g/mol. The standard InChI is InChI=1S/C24H32N2O2/c1-15(2)21-11-17(5)9-19(23(21)27)13-25-7-8-26-14-20-10-18(6)12-22(16(3)4)24(20)28/h9-16,27-28H,7-8H2,1-6H3. The largest absolute Gasteiger partial charge is 0.507 e. The molecule has 2 N–H and O–H groups in total. The van der Waals surface area contributed by atoms with Gasteiger partial charge < -0.3 is 10.2 Å². The minimum Gasteiger partial charge on any atom is -0.507 e. The van der Waals surface area contributed by atoms with Gasteiger partial charge in [0.15, 0.2) is 0 Å². The van der Waals surface area contributed by atoms with Crippen molar-refractivity contribution in [2.75, 3.05) is 13.1 Å². The number of rotatable bonds is 7. The van der Waals surface area contributed by atoms with Gasteiger partial charge >= 0.3 is 0 Å². The fourth-order valence-electron chi connectivity index (χ4n) is 3.19. The maximum Gasteiger partial charge on any atom is 0.127 e. The predicted molar refractivity (Wildman–Crippen MR) is 119 cm³/mol. The molecule has 2 aromatic rings. The molecule has 0 amide bonds. The predicted octanol–water partition coefficient (Wildman–Crippen LogP) is 5.50. The van der Waals surface area contributed by atoms with Crippen molar-refractivity contribution in [2.45, 2.75) is 53.4 Å². The summed E-state index contributed by atoms with van der Waals surface area (Å²) in [6.45, 7) is 13.3. The van der Waals surface area contributed by atoms with Crippen molar-refractivity contribution in [3.63, 3.8) is 0 Å². The van der Waals surface area contributed by atoms with E-state index in [4.69, 9.17) is 0 Å². The molecule has 0 atom stereocenters. The number of aromatic hydroxyl groups is 2. The molecule has 0 bridgehead atoms. The Labute approximate surface area is 168 Å². The van der Waals surface area contributed by atoms with Gasteiger partial charge in [-0.1, -0.05) is 39.8 Å². The van der Waals surface area contributed by atoms with Crippen LogP contribution in [0.2, 0.25) is 0 Å². The van der Waals surface area contributed by atoms with E-state index in [1.54, 1.807) is 12.4 Å². The molecule has 0 radical (unpaired) electrons. The molecule has 0 unspecified atom stereocenters. The first-order chi connectivity index (χ1) is 13.2. The highest BCUT2D eigenvalue weighted by molar-refractivity contribution is 5.85. The third-order valence-electron chi connectivity index (χ3n) is 4.69. The second-order valence-electron chi connectivity index (χ2n) is 7.96. The van der Waals surface area contributed by atoms with Crippen LogP contribution in [0.1, 0.15) is 72.9 Å². The van der Waals surface area contributed by atoms with E-state index >= 15 is 0 Å². The molecular formula is C24H32N2O2. The lowest BCUT2D eigenvalue weighted by Gasteiger charge is -2.12. The van der Waals surface area contributed by atoms with E-state index in [-0.39, 0.29) is 11.8 Å². The molecule has 0 aliphatic heterocycles. The van der Waals surface area contributed by atoms with Crippen LogP contribution in [0.5, 0.6) is 11.5 Å². The summed E-state index contributed by atoms with van der Waals surface area (Å²) < 4.78 is 0. The summed E-state index contributed by atoms with van der Waals surface area (Å²) in [5.74, 6) is 1.13. The number of hydrogen-bond acceptors (Lipinski definition) is 4. The maximum absolute atomic E-state index is 10.4. The smallest absolute Gasteiger partial charge is 0.127 e. The third kappa shape index (κ3) is 5.44. The van der Waals surface area contributed by atoms with Crippen molar-refractivity contribution in [2.24, 2.45) is 9.98 Å². The number of nitrogens with zero attached hydrogens (tertiary/aromatic N) is 2. The molecule has 0 aromatic heterocycles. The van der Waals surface area contributed by atoms with Crippen molar-refractivity contribution >= 4 is 12.4 Å². The minimum absolute atomic E-state index is 0.259. The van der Waals surface area contributed by atoms with Crippen LogP contribution in [0.15, 0.2) is 34.3 Å². The molecule has 4 nitrogen and oxygen atoms in total. The van der Waals surface area contributed by atoms with Crippen molar-refractivity contribution in [1.82, 2.24) is 0 Å². The zero-order valence-electron chi connectivity index (χ0n) is 17.8. The molecule has 4 heteroatoms. The highest BCUT2D eigenvalue weighted by Gasteiger charge is 2.11.